The highest BCUT2D eigenvalue weighted by molar-refractivity contribution is 6.37. The van der Waals surface area contributed by atoms with Crippen LogP contribution in [0.15, 0.2) is 77.3 Å². The van der Waals surface area contributed by atoms with Crippen LogP contribution in [-0.4, -0.2) is 43.4 Å². The number of para-hydroxylation sites is 1. The van der Waals surface area contributed by atoms with Gasteiger partial charge < -0.3 is 30.6 Å². The van der Waals surface area contributed by atoms with Gasteiger partial charge >= 0.3 is 17.9 Å². The SMILES string of the molecule is Cc1onc(-c2ccccc2)c1C(=O)O.Nc1cc(Cl)cc(C(=O)O)c1Cl.O=C(O)c1cc2ccccc2[nH]1. The Hall–Kier alpha value is -4.80. The number of benzene rings is 3. The van der Waals surface area contributed by atoms with Crippen LogP contribution in [0.5, 0.6) is 0 Å². The first kappa shape index (κ1) is 28.8. The molecule has 0 amide bonds. The van der Waals surface area contributed by atoms with Crippen molar-refractivity contribution < 1.29 is 34.2 Å². The minimum absolute atomic E-state index is 0.0203. The number of hydrogen-bond acceptors (Lipinski definition) is 6. The Morgan fingerprint density at radius 3 is 2.10 bits per heavy atom. The molecule has 0 saturated heterocycles. The lowest BCUT2D eigenvalue weighted by molar-refractivity contribution is 0.0682. The molecule has 3 aromatic carbocycles. The van der Waals surface area contributed by atoms with Gasteiger partial charge in [0.05, 0.1) is 16.3 Å². The van der Waals surface area contributed by atoms with Gasteiger partial charge in [-0.05, 0) is 31.2 Å². The zero-order valence-corrected chi connectivity index (χ0v) is 21.7. The monoisotopic (exact) mass is 569 g/mol. The number of aromatic amines is 1. The second-order valence-corrected chi connectivity index (χ2v) is 8.69. The smallest absolute Gasteiger partial charge is 0.352 e. The van der Waals surface area contributed by atoms with Gasteiger partial charge in [-0.15, -0.1) is 0 Å². The number of H-pyrrole nitrogens is 1. The number of aryl methyl sites for hydroxylation is 1. The van der Waals surface area contributed by atoms with Crippen molar-refractivity contribution in [3.63, 3.8) is 0 Å². The van der Waals surface area contributed by atoms with Crippen LogP contribution >= 0.6 is 23.2 Å². The molecular weight excluding hydrogens is 549 g/mol. The van der Waals surface area contributed by atoms with E-state index in [1.54, 1.807) is 25.1 Å². The molecule has 39 heavy (non-hydrogen) atoms. The fourth-order valence-corrected chi connectivity index (χ4v) is 3.79. The van der Waals surface area contributed by atoms with Crippen LogP contribution in [0.1, 0.15) is 37.0 Å². The maximum absolute atomic E-state index is 11.0. The molecule has 5 aromatic rings. The number of carbonyl (C=O) groups is 3. The van der Waals surface area contributed by atoms with E-state index in [-0.39, 0.29) is 32.6 Å². The molecule has 5 rings (SSSR count). The summed E-state index contributed by atoms with van der Waals surface area (Å²) in [5, 5.41) is 31.2. The molecule has 0 fully saturated rings. The van der Waals surface area contributed by atoms with E-state index in [4.69, 9.17) is 48.8 Å². The Balaban J connectivity index is 0.000000163. The number of nitrogens with two attached hydrogens (primary N) is 1. The summed E-state index contributed by atoms with van der Waals surface area (Å²) in [7, 11) is 0. The number of halogens is 2. The molecule has 0 aliphatic rings. The summed E-state index contributed by atoms with van der Waals surface area (Å²) in [6.07, 6.45) is 0. The van der Waals surface area contributed by atoms with Crippen molar-refractivity contribution in [2.45, 2.75) is 6.92 Å². The highest BCUT2D eigenvalue weighted by Gasteiger charge is 2.20. The van der Waals surface area contributed by atoms with Crippen molar-refractivity contribution in [3.8, 4) is 11.3 Å². The number of carboxylic acid groups (broad SMARTS) is 3. The van der Waals surface area contributed by atoms with Crippen LogP contribution in [-0.2, 0) is 0 Å². The predicted molar refractivity (Wildman–Crippen MR) is 147 cm³/mol. The minimum Gasteiger partial charge on any atom is -0.478 e. The number of nitrogens with one attached hydrogen (secondary N) is 1. The quantitative estimate of drug-likeness (QED) is 0.151. The van der Waals surface area contributed by atoms with E-state index in [1.807, 2.05) is 42.5 Å². The Labute approximate surface area is 231 Å². The highest BCUT2D eigenvalue weighted by atomic mass is 35.5. The zero-order valence-electron chi connectivity index (χ0n) is 20.2. The maximum atomic E-state index is 11.0. The summed E-state index contributed by atoms with van der Waals surface area (Å²) in [6.45, 7) is 1.59. The first-order valence-corrected chi connectivity index (χ1v) is 11.8. The molecule has 0 aliphatic carbocycles. The third kappa shape index (κ3) is 7.16. The van der Waals surface area contributed by atoms with E-state index in [1.165, 1.54) is 12.1 Å². The molecule has 0 bridgehead atoms. The fourth-order valence-electron chi connectivity index (χ4n) is 3.37. The molecule has 12 heteroatoms. The number of nitrogen functional groups attached to an aromatic ring is 1. The number of fused-ring (bicyclic) bond motifs is 1. The Morgan fingerprint density at radius 1 is 0.872 bits per heavy atom. The van der Waals surface area contributed by atoms with Crippen LogP contribution < -0.4 is 5.73 Å². The lowest BCUT2D eigenvalue weighted by atomic mass is 10.1. The van der Waals surface area contributed by atoms with E-state index in [0.29, 0.717) is 11.5 Å². The summed E-state index contributed by atoms with van der Waals surface area (Å²) in [5.41, 5.74) is 7.80. The summed E-state index contributed by atoms with van der Waals surface area (Å²) in [5.74, 6) is -2.77. The molecule has 0 atom stereocenters. The Morgan fingerprint density at radius 2 is 1.51 bits per heavy atom. The Bertz CT molecular complexity index is 1610. The second kappa shape index (κ2) is 12.6. The first-order chi connectivity index (χ1) is 18.5. The third-order valence-corrected chi connectivity index (χ3v) is 5.82. The third-order valence-electron chi connectivity index (χ3n) is 5.18. The van der Waals surface area contributed by atoms with Gasteiger partial charge in [0.25, 0.3) is 0 Å². The van der Waals surface area contributed by atoms with Crippen molar-refractivity contribution in [2.75, 3.05) is 5.73 Å². The number of rotatable bonds is 4. The van der Waals surface area contributed by atoms with Crippen LogP contribution in [0, 0.1) is 6.92 Å². The van der Waals surface area contributed by atoms with Gasteiger partial charge in [0.2, 0.25) is 0 Å². The fraction of sp³-hybridized carbons (Fsp3) is 0.0370. The standard InChI is InChI=1S/C11H9NO3.C9H7NO2.C7H5Cl2NO2/c1-7-9(11(13)14)10(12-15-7)8-5-3-2-4-6-8;11-9(12)8-5-6-3-1-2-4-7(6)10-8;8-3-1-4(7(11)12)6(9)5(10)2-3/h2-6H,1H3,(H,13,14);1-5,10H,(H,11,12);1-2H,10H2,(H,11,12). The molecule has 0 radical (unpaired) electrons. The number of aromatic carboxylic acids is 3. The average Bonchev–Trinajstić information content (AvgIpc) is 3.51. The molecule has 0 unspecified atom stereocenters. The van der Waals surface area contributed by atoms with Gasteiger partial charge in [0.1, 0.15) is 22.7 Å². The lowest BCUT2D eigenvalue weighted by Crippen LogP contribution is -2.00. The van der Waals surface area contributed by atoms with Crippen LogP contribution in [0.4, 0.5) is 5.69 Å². The topological polar surface area (TPSA) is 180 Å². The largest absolute Gasteiger partial charge is 0.478 e. The molecule has 2 aromatic heterocycles. The van der Waals surface area contributed by atoms with Gasteiger partial charge in [0.15, 0.2) is 0 Å². The molecule has 0 aliphatic heterocycles. The molecule has 0 saturated carbocycles. The minimum atomic E-state index is -1.14. The summed E-state index contributed by atoms with van der Waals surface area (Å²) >= 11 is 11.2. The average molecular weight is 570 g/mol. The molecular formula is C27H21Cl2N3O7. The van der Waals surface area contributed by atoms with Crippen molar-refractivity contribution in [1.29, 1.82) is 0 Å². The van der Waals surface area contributed by atoms with Crippen LogP contribution in [0.3, 0.4) is 0 Å². The summed E-state index contributed by atoms with van der Waals surface area (Å²) < 4.78 is 4.88. The molecule has 10 nitrogen and oxygen atoms in total. The van der Waals surface area contributed by atoms with Gasteiger partial charge in [-0.3, -0.25) is 0 Å². The molecule has 200 valence electrons. The highest BCUT2D eigenvalue weighted by Crippen LogP contribution is 2.27. The van der Waals surface area contributed by atoms with Gasteiger partial charge in [-0.2, -0.15) is 0 Å². The normalized spacial score (nSPS) is 10.1. The number of hydrogen-bond donors (Lipinski definition) is 5. The number of aromatic nitrogens is 2. The van der Waals surface area contributed by atoms with Crippen molar-refractivity contribution >= 4 is 57.7 Å². The zero-order chi connectivity index (χ0) is 28.7. The van der Waals surface area contributed by atoms with Crippen molar-refractivity contribution in [2.24, 2.45) is 0 Å². The number of nitrogens with zero attached hydrogens (tertiary/aromatic N) is 1. The van der Waals surface area contributed by atoms with E-state index in [9.17, 15) is 14.4 Å². The second-order valence-electron chi connectivity index (χ2n) is 7.87. The van der Waals surface area contributed by atoms with E-state index >= 15 is 0 Å². The van der Waals surface area contributed by atoms with Crippen LogP contribution in [0.2, 0.25) is 10.0 Å². The first-order valence-electron chi connectivity index (χ1n) is 11.0. The summed E-state index contributed by atoms with van der Waals surface area (Å²) in [6, 6.07) is 20.8. The Kier molecular flexibility index (Phi) is 9.32. The number of carboxylic acids is 3. The van der Waals surface area contributed by atoms with Crippen molar-refractivity contribution in [1.82, 2.24) is 10.1 Å². The van der Waals surface area contributed by atoms with E-state index in [2.05, 4.69) is 10.1 Å². The van der Waals surface area contributed by atoms with Crippen molar-refractivity contribution in [3.05, 3.63) is 105 Å². The maximum Gasteiger partial charge on any atom is 0.352 e. The van der Waals surface area contributed by atoms with Gasteiger partial charge in [-0.1, -0.05) is 76.9 Å². The van der Waals surface area contributed by atoms with E-state index in [0.717, 1.165) is 16.5 Å². The molecule has 2 heterocycles. The predicted octanol–water partition coefficient (Wildman–Crippen LogP) is 6.49. The molecule has 0 spiro atoms. The summed E-state index contributed by atoms with van der Waals surface area (Å²) in [4.78, 5) is 34.8. The van der Waals surface area contributed by atoms with Gasteiger partial charge in [0, 0.05) is 21.5 Å². The van der Waals surface area contributed by atoms with E-state index < -0.39 is 17.9 Å². The number of anilines is 1. The lowest BCUT2D eigenvalue weighted by Gasteiger charge is -2.02. The van der Waals surface area contributed by atoms with Crippen LogP contribution in [0.25, 0.3) is 22.2 Å². The van der Waals surface area contributed by atoms with Gasteiger partial charge in [-0.25, -0.2) is 14.4 Å². The molecule has 6 N–H and O–H groups in total.